The van der Waals surface area contributed by atoms with Crippen LogP contribution in [0.15, 0.2) is 4.90 Å². The van der Waals surface area contributed by atoms with E-state index < -0.39 is 10.0 Å². The van der Waals surface area contributed by atoms with E-state index in [1.54, 1.807) is 29.9 Å². The fourth-order valence-electron chi connectivity index (χ4n) is 2.91. The summed E-state index contributed by atoms with van der Waals surface area (Å²) >= 11 is 0. The van der Waals surface area contributed by atoms with Crippen molar-refractivity contribution in [2.24, 2.45) is 7.05 Å². The summed E-state index contributed by atoms with van der Waals surface area (Å²) in [5.41, 5.74) is 1.23. The quantitative estimate of drug-likeness (QED) is 0.695. The van der Waals surface area contributed by atoms with Crippen LogP contribution in [0.25, 0.3) is 0 Å². The van der Waals surface area contributed by atoms with E-state index in [1.165, 1.54) is 0 Å². The lowest BCUT2D eigenvalue weighted by atomic mass is 10.1. The third-order valence-electron chi connectivity index (χ3n) is 4.23. The number of hydrogen-bond acceptors (Lipinski definition) is 5. The first-order valence-corrected chi connectivity index (χ1v) is 9.51. The van der Waals surface area contributed by atoms with Gasteiger partial charge in [-0.15, -0.1) is 0 Å². The van der Waals surface area contributed by atoms with Gasteiger partial charge in [-0.2, -0.15) is 9.40 Å². The highest BCUT2D eigenvalue weighted by atomic mass is 32.2. The summed E-state index contributed by atoms with van der Waals surface area (Å²) in [5.74, 6) is 0. The van der Waals surface area contributed by atoms with E-state index in [9.17, 15) is 8.42 Å². The third kappa shape index (κ3) is 4.12. The maximum absolute atomic E-state index is 12.9. The average Bonchev–Trinajstić information content (AvgIpc) is 2.77. The SMILES string of the molecule is CCOCCOC1CCN(S(=O)(=O)c2c(C)nn(C)c2C)CC1. The zero-order valence-corrected chi connectivity index (χ0v) is 15.2. The molecule has 7 nitrogen and oxygen atoms in total. The molecular formula is C15H27N3O4S. The minimum Gasteiger partial charge on any atom is -0.379 e. The van der Waals surface area contributed by atoms with Crippen molar-refractivity contribution in [3.8, 4) is 0 Å². The molecule has 0 aromatic carbocycles. The summed E-state index contributed by atoms with van der Waals surface area (Å²) in [7, 11) is -1.72. The molecule has 0 unspecified atom stereocenters. The van der Waals surface area contributed by atoms with E-state index >= 15 is 0 Å². The molecule has 1 saturated heterocycles. The van der Waals surface area contributed by atoms with Gasteiger partial charge in [0.05, 0.1) is 30.7 Å². The Morgan fingerprint density at radius 3 is 2.39 bits per heavy atom. The molecule has 0 spiro atoms. The van der Waals surface area contributed by atoms with Crippen LogP contribution in [0.3, 0.4) is 0 Å². The monoisotopic (exact) mass is 345 g/mol. The minimum atomic E-state index is -3.49. The van der Waals surface area contributed by atoms with Crippen molar-refractivity contribution < 1.29 is 17.9 Å². The second kappa shape index (κ2) is 7.74. The topological polar surface area (TPSA) is 73.7 Å². The van der Waals surface area contributed by atoms with Crippen molar-refractivity contribution in [1.29, 1.82) is 0 Å². The van der Waals surface area contributed by atoms with Gasteiger partial charge < -0.3 is 9.47 Å². The second-order valence-electron chi connectivity index (χ2n) is 5.79. The summed E-state index contributed by atoms with van der Waals surface area (Å²) in [4.78, 5) is 0.343. The van der Waals surface area contributed by atoms with Gasteiger partial charge in [0.15, 0.2) is 0 Å². The van der Waals surface area contributed by atoms with Crippen LogP contribution < -0.4 is 0 Å². The Morgan fingerprint density at radius 1 is 1.22 bits per heavy atom. The van der Waals surface area contributed by atoms with Gasteiger partial charge in [0.2, 0.25) is 10.0 Å². The molecule has 0 saturated carbocycles. The maximum Gasteiger partial charge on any atom is 0.246 e. The van der Waals surface area contributed by atoms with Gasteiger partial charge in [0.25, 0.3) is 0 Å². The van der Waals surface area contributed by atoms with E-state index in [0.29, 0.717) is 62.0 Å². The van der Waals surface area contributed by atoms with Crippen LogP contribution in [0, 0.1) is 13.8 Å². The molecule has 132 valence electrons. The number of rotatable bonds is 7. The molecular weight excluding hydrogens is 318 g/mol. The lowest BCUT2D eigenvalue weighted by Gasteiger charge is -2.31. The second-order valence-corrected chi connectivity index (χ2v) is 7.67. The summed E-state index contributed by atoms with van der Waals surface area (Å²) in [6, 6.07) is 0. The van der Waals surface area contributed by atoms with Crippen LogP contribution in [-0.4, -0.2) is 61.5 Å². The van der Waals surface area contributed by atoms with E-state index in [1.807, 2.05) is 6.92 Å². The highest BCUT2D eigenvalue weighted by molar-refractivity contribution is 7.89. The van der Waals surface area contributed by atoms with Crippen molar-refractivity contribution in [2.45, 2.75) is 44.6 Å². The number of piperidine rings is 1. The van der Waals surface area contributed by atoms with Crippen LogP contribution in [0.4, 0.5) is 0 Å². The molecule has 1 fully saturated rings. The number of sulfonamides is 1. The molecule has 1 aromatic rings. The van der Waals surface area contributed by atoms with Crippen molar-refractivity contribution in [3.05, 3.63) is 11.4 Å². The molecule has 8 heteroatoms. The third-order valence-corrected chi connectivity index (χ3v) is 6.38. The predicted octanol–water partition coefficient (Wildman–Crippen LogP) is 1.24. The average molecular weight is 345 g/mol. The van der Waals surface area contributed by atoms with Crippen LogP contribution in [-0.2, 0) is 26.5 Å². The number of nitrogens with zero attached hydrogens (tertiary/aromatic N) is 3. The van der Waals surface area contributed by atoms with Crippen molar-refractivity contribution in [2.75, 3.05) is 32.9 Å². The van der Waals surface area contributed by atoms with Gasteiger partial charge in [-0.05, 0) is 33.6 Å². The van der Waals surface area contributed by atoms with Gasteiger partial charge in [0, 0.05) is 26.7 Å². The van der Waals surface area contributed by atoms with Crippen molar-refractivity contribution in [3.63, 3.8) is 0 Å². The summed E-state index contributed by atoms with van der Waals surface area (Å²) in [6.07, 6.45) is 1.53. The fraction of sp³-hybridized carbons (Fsp3) is 0.800. The summed E-state index contributed by atoms with van der Waals surface area (Å²) < 4.78 is 39.9. The molecule has 1 aromatic heterocycles. The van der Waals surface area contributed by atoms with Crippen LogP contribution in [0.5, 0.6) is 0 Å². The van der Waals surface area contributed by atoms with Gasteiger partial charge in [-0.3, -0.25) is 4.68 Å². The molecule has 0 aliphatic carbocycles. The number of hydrogen-bond donors (Lipinski definition) is 0. The normalized spacial score (nSPS) is 17.7. The first-order valence-electron chi connectivity index (χ1n) is 8.07. The molecule has 0 bridgehead atoms. The van der Waals surface area contributed by atoms with E-state index in [4.69, 9.17) is 9.47 Å². The Labute approximate surface area is 138 Å². The van der Waals surface area contributed by atoms with Crippen LogP contribution >= 0.6 is 0 Å². The summed E-state index contributed by atoms with van der Waals surface area (Å²) in [6.45, 7) is 8.27. The molecule has 0 amide bonds. The Balaban J connectivity index is 1.96. The lowest BCUT2D eigenvalue weighted by molar-refractivity contribution is -0.0121. The highest BCUT2D eigenvalue weighted by Crippen LogP contribution is 2.26. The zero-order valence-electron chi connectivity index (χ0n) is 14.4. The molecule has 2 heterocycles. The van der Waals surface area contributed by atoms with Gasteiger partial charge in [-0.25, -0.2) is 8.42 Å². The van der Waals surface area contributed by atoms with E-state index in [-0.39, 0.29) is 6.10 Å². The predicted molar refractivity (Wildman–Crippen MR) is 86.9 cm³/mol. The molecule has 23 heavy (non-hydrogen) atoms. The number of ether oxygens (including phenoxy) is 2. The Kier molecular flexibility index (Phi) is 6.19. The highest BCUT2D eigenvalue weighted by Gasteiger charge is 2.33. The van der Waals surface area contributed by atoms with E-state index in [0.717, 1.165) is 0 Å². The molecule has 0 radical (unpaired) electrons. The molecule has 2 rings (SSSR count). The first-order chi connectivity index (χ1) is 10.9. The smallest absolute Gasteiger partial charge is 0.246 e. The Hall–Kier alpha value is -0.960. The Morgan fingerprint density at radius 2 is 1.87 bits per heavy atom. The largest absolute Gasteiger partial charge is 0.379 e. The van der Waals surface area contributed by atoms with Gasteiger partial charge in [0.1, 0.15) is 4.90 Å². The van der Waals surface area contributed by atoms with Gasteiger partial charge in [-0.1, -0.05) is 0 Å². The minimum absolute atomic E-state index is 0.109. The fourth-order valence-corrected chi connectivity index (χ4v) is 4.78. The van der Waals surface area contributed by atoms with Crippen molar-refractivity contribution in [1.82, 2.24) is 14.1 Å². The zero-order chi connectivity index (χ0) is 17.0. The molecule has 1 aliphatic rings. The molecule has 0 N–H and O–H groups in total. The number of aryl methyl sites for hydroxylation is 2. The van der Waals surface area contributed by atoms with Gasteiger partial charge >= 0.3 is 0 Å². The summed E-state index contributed by atoms with van der Waals surface area (Å²) in [5, 5.41) is 4.22. The van der Waals surface area contributed by atoms with Crippen LogP contribution in [0.1, 0.15) is 31.2 Å². The Bertz CT molecular complexity index is 619. The number of aromatic nitrogens is 2. The lowest BCUT2D eigenvalue weighted by Crippen LogP contribution is -2.41. The first kappa shape index (κ1) is 18.4. The van der Waals surface area contributed by atoms with E-state index in [2.05, 4.69) is 5.10 Å². The van der Waals surface area contributed by atoms with Crippen LogP contribution in [0.2, 0.25) is 0 Å². The maximum atomic E-state index is 12.9. The standard InChI is InChI=1S/C15H27N3O4S/c1-5-21-10-11-22-14-6-8-18(9-7-14)23(19,20)15-12(2)16-17(4)13(15)3/h14H,5-11H2,1-4H3. The molecule has 1 aliphatic heterocycles. The molecule has 0 atom stereocenters. The van der Waals surface area contributed by atoms with Crippen molar-refractivity contribution >= 4 is 10.0 Å².